The van der Waals surface area contributed by atoms with Crippen LogP contribution >= 0.6 is 0 Å². The molecule has 0 bridgehead atoms. The summed E-state index contributed by atoms with van der Waals surface area (Å²) in [7, 11) is 0. The van der Waals surface area contributed by atoms with Crippen molar-refractivity contribution in [1.82, 2.24) is 10.3 Å². The molecule has 2 aromatic carbocycles. The third kappa shape index (κ3) is 5.74. The minimum absolute atomic E-state index is 0.0307. The molecule has 1 atom stereocenters. The van der Waals surface area contributed by atoms with Crippen LogP contribution in [0, 0.1) is 26.2 Å². The number of rotatable bonds is 6. The van der Waals surface area contributed by atoms with Gasteiger partial charge in [-0.1, -0.05) is 62.1 Å². The maximum atomic E-state index is 13.5. The van der Waals surface area contributed by atoms with E-state index >= 15 is 0 Å². The molecule has 0 saturated heterocycles. The van der Waals surface area contributed by atoms with E-state index in [9.17, 15) is 19.5 Å². The lowest BCUT2D eigenvalue weighted by Crippen LogP contribution is -2.52. The first-order valence-corrected chi connectivity index (χ1v) is 12.7. The number of urea groups is 1. The summed E-state index contributed by atoms with van der Waals surface area (Å²) in [5, 5.41) is 19.1. The number of amides is 3. The van der Waals surface area contributed by atoms with E-state index in [0.717, 1.165) is 54.2 Å². The van der Waals surface area contributed by atoms with Crippen LogP contribution in [0.3, 0.4) is 0 Å². The van der Waals surface area contributed by atoms with Gasteiger partial charge in [-0.25, -0.2) is 14.6 Å². The second-order valence-electron chi connectivity index (χ2n) is 10.4. The SMILES string of the molecule is Cc1cc(C)c(NC(=O)Nc2cc3ccccc3nc2C(=O)N[C@H](C(=O)O)C2(C)CCCCC2)c(C)c1. The number of benzene rings is 2. The number of nitrogens with zero attached hydrogens (tertiary/aromatic N) is 1. The normalized spacial score (nSPS) is 15.6. The van der Waals surface area contributed by atoms with Gasteiger partial charge in [0.1, 0.15) is 6.04 Å². The summed E-state index contributed by atoms with van der Waals surface area (Å²) >= 11 is 0. The number of carboxylic acids is 1. The van der Waals surface area contributed by atoms with Gasteiger partial charge in [0.2, 0.25) is 0 Å². The van der Waals surface area contributed by atoms with Crippen LogP contribution in [0.2, 0.25) is 0 Å². The number of anilines is 2. The van der Waals surface area contributed by atoms with Crippen molar-refractivity contribution in [3.8, 4) is 0 Å². The Labute approximate surface area is 216 Å². The predicted octanol–water partition coefficient (Wildman–Crippen LogP) is 5.96. The number of carboxylic acid groups (broad SMARTS) is 1. The predicted molar refractivity (Wildman–Crippen MR) is 145 cm³/mol. The molecule has 1 aliphatic rings. The van der Waals surface area contributed by atoms with Crippen molar-refractivity contribution in [3.63, 3.8) is 0 Å². The molecule has 0 spiro atoms. The fourth-order valence-electron chi connectivity index (χ4n) is 5.41. The molecule has 8 nitrogen and oxygen atoms in total. The molecular weight excluding hydrogens is 468 g/mol. The first kappa shape index (κ1) is 26.1. The van der Waals surface area contributed by atoms with Crippen LogP contribution in [0.25, 0.3) is 10.9 Å². The third-order valence-corrected chi connectivity index (χ3v) is 7.32. The summed E-state index contributed by atoms with van der Waals surface area (Å²) in [5.41, 5.74) is 3.82. The second kappa shape index (κ2) is 10.6. The van der Waals surface area contributed by atoms with Gasteiger partial charge in [0, 0.05) is 11.1 Å². The number of para-hydroxylation sites is 1. The van der Waals surface area contributed by atoms with Gasteiger partial charge in [-0.3, -0.25) is 4.79 Å². The molecule has 0 radical (unpaired) electrons. The van der Waals surface area contributed by atoms with Crippen molar-refractivity contribution in [1.29, 1.82) is 0 Å². The van der Waals surface area contributed by atoms with Crippen molar-refractivity contribution in [2.45, 2.75) is 65.8 Å². The smallest absolute Gasteiger partial charge is 0.326 e. The number of pyridine rings is 1. The van der Waals surface area contributed by atoms with E-state index in [1.807, 2.05) is 58.0 Å². The lowest BCUT2D eigenvalue weighted by atomic mass is 9.70. The summed E-state index contributed by atoms with van der Waals surface area (Å²) in [4.78, 5) is 43.3. The number of hydrogen-bond donors (Lipinski definition) is 4. The van der Waals surface area contributed by atoms with E-state index in [1.54, 1.807) is 12.1 Å². The Balaban J connectivity index is 1.65. The zero-order valence-corrected chi connectivity index (χ0v) is 21.8. The van der Waals surface area contributed by atoms with Crippen LogP contribution in [0.1, 0.15) is 66.2 Å². The topological polar surface area (TPSA) is 120 Å². The van der Waals surface area contributed by atoms with Crippen LogP contribution in [-0.4, -0.2) is 34.0 Å². The average Bonchev–Trinajstić information content (AvgIpc) is 2.84. The van der Waals surface area contributed by atoms with Gasteiger partial charge in [-0.2, -0.15) is 0 Å². The summed E-state index contributed by atoms with van der Waals surface area (Å²) < 4.78 is 0. The highest BCUT2D eigenvalue weighted by Crippen LogP contribution is 2.39. The standard InChI is InChI=1S/C29H34N4O4/c1-17-14-18(2)23(19(3)15-17)32-28(37)31-22-16-20-10-6-7-11-21(20)30-24(22)26(34)33-25(27(35)36)29(4)12-8-5-9-13-29/h6-7,10-11,14-16,25H,5,8-9,12-13H2,1-4H3,(H,33,34)(H,35,36)(H2,31,32,37)/t25-/m1/s1. The molecule has 3 aromatic rings. The molecule has 1 fully saturated rings. The number of fused-ring (bicyclic) bond motifs is 1. The molecular formula is C29H34N4O4. The molecule has 1 aromatic heterocycles. The number of carbonyl (C=O) groups is 3. The largest absolute Gasteiger partial charge is 0.480 e. The van der Waals surface area contributed by atoms with Crippen LogP contribution in [0.5, 0.6) is 0 Å². The van der Waals surface area contributed by atoms with Gasteiger partial charge in [0.05, 0.1) is 11.2 Å². The first-order chi connectivity index (χ1) is 17.6. The highest BCUT2D eigenvalue weighted by atomic mass is 16.4. The Kier molecular flexibility index (Phi) is 7.47. The number of hydrogen-bond acceptors (Lipinski definition) is 4. The Hall–Kier alpha value is -3.94. The number of aromatic nitrogens is 1. The molecule has 1 aliphatic carbocycles. The summed E-state index contributed by atoms with van der Waals surface area (Å²) in [6, 6.07) is 11.3. The monoisotopic (exact) mass is 502 g/mol. The van der Waals surface area contributed by atoms with E-state index in [1.165, 1.54) is 0 Å². The maximum Gasteiger partial charge on any atom is 0.326 e. The lowest BCUT2D eigenvalue weighted by molar-refractivity contribution is -0.143. The first-order valence-electron chi connectivity index (χ1n) is 12.7. The van der Waals surface area contributed by atoms with Gasteiger partial charge in [0.15, 0.2) is 5.69 Å². The molecule has 4 N–H and O–H groups in total. The fraction of sp³-hybridized carbons (Fsp3) is 0.379. The van der Waals surface area contributed by atoms with Crippen molar-refractivity contribution >= 4 is 40.2 Å². The summed E-state index contributed by atoms with van der Waals surface area (Å²) in [5.74, 6) is -1.71. The minimum atomic E-state index is -1.07. The molecule has 194 valence electrons. The van der Waals surface area contributed by atoms with Gasteiger partial charge in [-0.05, 0) is 62.3 Å². The average molecular weight is 503 g/mol. The van der Waals surface area contributed by atoms with E-state index < -0.39 is 29.4 Å². The molecule has 8 heteroatoms. The van der Waals surface area contributed by atoms with E-state index in [-0.39, 0.29) is 11.4 Å². The quantitative estimate of drug-likeness (QED) is 0.332. The maximum absolute atomic E-state index is 13.5. The summed E-state index contributed by atoms with van der Waals surface area (Å²) in [6.45, 7) is 7.75. The Morgan fingerprint density at radius 3 is 2.24 bits per heavy atom. The lowest BCUT2D eigenvalue weighted by Gasteiger charge is -2.38. The van der Waals surface area contributed by atoms with Crippen LogP contribution in [0.15, 0.2) is 42.5 Å². The molecule has 4 rings (SSSR count). The van der Waals surface area contributed by atoms with Crippen molar-refractivity contribution in [2.24, 2.45) is 5.41 Å². The molecule has 0 aliphatic heterocycles. The van der Waals surface area contributed by atoms with Crippen molar-refractivity contribution in [2.75, 3.05) is 10.6 Å². The van der Waals surface area contributed by atoms with Crippen LogP contribution in [0.4, 0.5) is 16.2 Å². The Bertz CT molecular complexity index is 1340. The number of carbonyl (C=O) groups excluding carboxylic acids is 2. The molecule has 37 heavy (non-hydrogen) atoms. The van der Waals surface area contributed by atoms with E-state index in [2.05, 4.69) is 20.9 Å². The highest BCUT2D eigenvalue weighted by molar-refractivity contribution is 6.08. The third-order valence-electron chi connectivity index (χ3n) is 7.32. The second-order valence-corrected chi connectivity index (χ2v) is 10.4. The minimum Gasteiger partial charge on any atom is -0.480 e. The van der Waals surface area contributed by atoms with Crippen molar-refractivity contribution < 1.29 is 19.5 Å². The van der Waals surface area contributed by atoms with E-state index in [0.29, 0.717) is 11.2 Å². The van der Waals surface area contributed by atoms with Gasteiger partial charge in [0.25, 0.3) is 5.91 Å². The Morgan fingerprint density at radius 1 is 0.946 bits per heavy atom. The number of aliphatic carboxylic acids is 1. The number of aryl methyl sites for hydroxylation is 3. The van der Waals surface area contributed by atoms with Crippen LogP contribution in [-0.2, 0) is 4.79 Å². The fourth-order valence-corrected chi connectivity index (χ4v) is 5.41. The van der Waals surface area contributed by atoms with E-state index in [4.69, 9.17) is 0 Å². The van der Waals surface area contributed by atoms with Crippen molar-refractivity contribution in [3.05, 3.63) is 64.8 Å². The van der Waals surface area contributed by atoms with Crippen LogP contribution < -0.4 is 16.0 Å². The molecule has 3 amide bonds. The van der Waals surface area contributed by atoms with Gasteiger partial charge >= 0.3 is 12.0 Å². The van der Waals surface area contributed by atoms with Gasteiger partial charge < -0.3 is 21.1 Å². The zero-order chi connectivity index (χ0) is 26.7. The summed E-state index contributed by atoms with van der Waals surface area (Å²) in [6.07, 6.45) is 4.35. The number of nitrogens with one attached hydrogen (secondary N) is 3. The highest BCUT2D eigenvalue weighted by Gasteiger charge is 2.41. The Morgan fingerprint density at radius 2 is 1.59 bits per heavy atom. The molecule has 1 saturated carbocycles. The molecule has 0 unspecified atom stereocenters. The molecule has 1 heterocycles. The zero-order valence-electron chi connectivity index (χ0n) is 21.8. The van der Waals surface area contributed by atoms with Gasteiger partial charge in [-0.15, -0.1) is 0 Å².